The normalized spacial score (nSPS) is 8.89. The van der Waals surface area contributed by atoms with Gasteiger partial charge < -0.3 is 9.63 Å². The standard InChI is InChI=1S/C4H4N2O3/c7-4(8)6-3-1-2-5-9-3/h1-2,6H,(H,7,8). The number of nitrogens with zero attached hydrogens (tertiary/aromatic N) is 1. The van der Waals surface area contributed by atoms with Crippen LogP contribution in [0.3, 0.4) is 0 Å². The summed E-state index contributed by atoms with van der Waals surface area (Å²) in [5.74, 6) is 0.127. The van der Waals surface area contributed by atoms with Gasteiger partial charge in [-0.25, -0.2) is 4.79 Å². The van der Waals surface area contributed by atoms with Gasteiger partial charge >= 0.3 is 6.09 Å². The Labute approximate surface area is 50.3 Å². The zero-order valence-electron chi connectivity index (χ0n) is 4.37. The molecular formula is C4H4N2O3. The van der Waals surface area contributed by atoms with Crippen LogP contribution in [0, 0.1) is 0 Å². The van der Waals surface area contributed by atoms with E-state index in [0.717, 1.165) is 0 Å². The molecule has 0 saturated heterocycles. The van der Waals surface area contributed by atoms with E-state index in [1.807, 2.05) is 5.32 Å². The number of rotatable bonds is 1. The van der Waals surface area contributed by atoms with E-state index in [0.29, 0.717) is 0 Å². The number of aromatic nitrogens is 1. The van der Waals surface area contributed by atoms with Crippen LogP contribution < -0.4 is 5.32 Å². The number of anilines is 1. The summed E-state index contributed by atoms with van der Waals surface area (Å²) in [4.78, 5) is 9.87. The molecule has 0 saturated carbocycles. The van der Waals surface area contributed by atoms with Gasteiger partial charge in [-0.2, -0.15) is 0 Å². The van der Waals surface area contributed by atoms with E-state index in [1.54, 1.807) is 0 Å². The Bertz CT molecular complexity index is 194. The Morgan fingerprint density at radius 2 is 2.67 bits per heavy atom. The highest BCUT2D eigenvalue weighted by molar-refractivity contribution is 5.80. The predicted molar refractivity (Wildman–Crippen MR) is 28.2 cm³/mol. The van der Waals surface area contributed by atoms with Crippen LogP contribution >= 0.6 is 0 Å². The van der Waals surface area contributed by atoms with Gasteiger partial charge in [-0.15, -0.1) is 0 Å². The third-order valence-corrected chi connectivity index (χ3v) is 0.668. The number of nitrogens with one attached hydrogen (secondary N) is 1. The molecule has 1 heterocycles. The van der Waals surface area contributed by atoms with Crippen molar-refractivity contribution in [3.63, 3.8) is 0 Å². The van der Waals surface area contributed by atoms with E-state index in [4.69, 9.17) is 5.11 Å². The molecule has 0 radical (unpaired) electrons. The molecule has 0 aliphatic heterocycles. The molecule has 9 heavy (non-hydrogen) atoms. The van der Waals surface area contributed by atoms with Crippen LogP contribution in [0.15, 0.2) is 16.8 Å². The number of carboxylic acid groups (broad SMARTS) is 1. The SMILES string of the molecule is O=C(O)Nc1ccno1. The fraction of sp³-hybridized carbons (Fsp3) is 0. The summed E-state index contributed by atoms with van der Waals surface area (Å²) in [6, 6.07) is 1.41. The maximum absolute atomic E-state index is 9.87. The van der Waals surface area contributed by atoms with E-state index in [1.165, 1.54) is 12.3 Å². The highest BCUT2D eigenvalue weighted by atomic mass is 16.5. The first-order valence-corrected chi connectivity index (χ1v) is 2.19. The largest absolute Gasteiger partial charge is 0.465 e. The fourth-order valence-electron chi connectivity index (χ4n) is 0.386. The zero-order chi connectivity index (χ0) is 6.69. The van der Waals surface area contributed by atoms with E-state index in [2.05, 4.69) is 9.68 Å². The summed E-state index contributed by atoms with van der Waals surface area (Å²) in [6.45, 7) is 0. The monoisotopic (exact) mass is 128 g/mol. The first-order valence-electron chi connectivity index (χ1n) is 2.19. The third-order valence-electron chi connectivity index (χ3n) is 0.668. The molecule has 5 nitrogen and oxygen atoms in total. The molecule has 0 unspecified atom stereocenters. The van der Waals surface area contributed by atoms with Crippen LogP contribution in [0.1, 0.15) is 0 Å². The van der Waals surface area contributed by atoms with Gasteiger partial charge in [0.1, 0.15) is 0 Å². The molecular weight excluding hydrogens is 124 g/mol. The van der Waals surface area contributed by atoms with Crippen molar-refractivity contribution >= 4 is 12.0 Å². The third kappa shape index (κ3) is 1.45. The first kappa shape index (κ1) is 5.61. The van der Waals surface area contributed by atoms with Crippen molar-refractivity contribution in [3.8, 4) is 0 Å². The van der Waals surface area contributed by atoms with E-state index < -0.39 is 6.09 Å². The number of carbonyl (C=O) groups is 1. The van der Waals surface area contributed by atoms with Gasteiger partial charge in [-0.05, 0) is 0 Å². The maximum Gasteiger partial charge on any atom is 0.411 e. The molecule has 1 amide bonds. The van der Waals surface area contributed by atoms with Crippen LogP contribution in [0.2, 0.25) is 0 Å². The van der Waals surface area contributed by atoms with Crippen LogP contribution in [0.4, 0.5) is 10.7 Å². The molecule has 48 valence electrons. The average molecular weight is 128 g/mol. The lowest BCUT2D eigenvalue weighted by Gasteiger charge is -1.88. The van der Waals surface area contributed by atoms with Crippen LogP contribution in [-0.4, -0.2) is 16.4 Å². The molecule has 0 spiro atoms. The lowest BCUT2D eigenvalue weighted by Crippen LogP contribution is -2.05. The first-order chi connectivity index (χ1) is 4.29. The fourth-order valence-corrected chi connectivity index (χ4v) is 0.386. The minimum Gasteiger partial charge on any atom is -0.465 e. The summed E-state index contributed by atoms with van der Waals surface area (Å²) in [5, 5.41) is 13.3. The molecule has 0 aliphatic carbocycles. The van der Waals surface area contributed by atoms with Gasteiger partial charge in [0.15, 0.2) is 0 Å². The molecule has 1 aromatic heterocycles. The summed E-state index contributed by atoms with van der Waals surface area (Å²) in [6.07, 6.45) is 0.192. The van der Waals surface area contributed by atoms with Gasteiger partial charge in [0, 0.05) is 6.07 Å². The Kier molecular flexibility index (Phi) is 1.35. The van der Waals surface area contributed by atoms with Crippen LogP contribution in [0.25, 0.3) is 0 Å². The van der Waals surface area contributed by atoms with E-state index in [-0.39, 0.29) is 5.88 Å². The number of amides is 1. The van der Waals surface area contributed by atoms with Crippen molar-refractivity contribution < 1.29 is 14.4 Å². The Hall–Kier alpha value is -1.52. The Morgan fingerprint density at radius 1 is 1.89 bits per heavy atom. The molecule has 0 atom stereocenters. The number of hydrogen-bond acceptors (Lipinski definition) is 3. The lowest BCUT2D eigenvalue weighted by atomic mass is 10.7. The maximum atomic E-state index is 9.87. The molecule has 1 rings (SSSR count). The molecule has 0 fully saturated rings. The van der Waals surface area contributed by atoms with E-state index in [9.17, 15) is 4.79 Å². The Balaban J connectivity index is 2.58. The van der Waals surface area contributed by atoms with Gasteiger partial charge in [0.05, 0.1) is 6.20 Å². The lowest BCUT2D eigenvalue weighted by molar-refractivity contribution is 0.208. The predicted octanol–water partition coefficient (Wildman–Crippen LogP) is 0.764. The highest BCUT2D eigenvalue weighted by Crippen LogP contribution is 2.01. The van der Waals surface area contributed by atoms with Crippen LogP contribution in [0.5, 0.6) is 0 Å². The molecule has 0 bridgehead atoms. The van der Waals surface area contributed by atoms with Gasteiger partial charge in [0.25, 0.3) is 0 Å². The average Bonchev–Trinajstić information content (AvgIpc) is 2.15. The Morgan fingerprint density at radius 3 is 3.11 bits per heavy atom. The van der Waals surface area contributed by atoms with Gasteiger partial charge in [0.2, 0.25) is 5.88 Å². The molecule has 2 N–H and O–H groups in total. The summed E-state index contributed by atoms with van der Waals surface area (Å²) < 4.78 is 4.40. The van der Waals surface area contributed by atoms with Crippen LogP contribution in [-0.2, 0) is 0 Å². The molecule has 0 aliphatic rings. The van der Waals surface area contributed by atoms with Gasteiger partial charge in [-0.1, -0.05) is 5.16 Å². The van der Waals surface area contributed by atoms with E-state index >= 15 is 0 Å². The molecule has 1 aromatic rings. The van der Waals surface area contributed by atoms with Gasteiger partial charge in [-0.3, -0.25) is 5.32 Å². The second kappa shape index (κ2) is 2.17. The zero-order valence-corrected chi connectivity index (χ0v) is 4.37. The minimum atomic E-state index is -1.16. The van der Waals surface area contributed by atoms with Crippen molar-refractivity contribution in [2.24, 2.45) is 0 Å². The molecule has 0 aromatic carbocycles. The van der Waals surface area contributed by atoms with Crippen molar-refractivity contribution in [2.45, 2.75) is 0 Å². The number of hydrogen-bond donors (Lipinski definition) is 2. The second-order valence-corrected chi connectivity index (χ2v) is 1.31. The van der Waals surface area contributed by atoms with Crippen molar-refractivity contribution in [1.82, 2.24) is 5.16 Å². The summed E-state index contributed by atoms with van der Waals surface area (Å²) >= 11 is 0. The summed E-state index contributed by atoms with van der Waals surface area (Å²) in [7, 11) is 0. The molecule has 5 heteroatoms. The van der Waals surface area contributed by atoms with Crippen molar-refractivity contribution in [1.29, 1.82) is 0 Å². The van der Waals surface area contributed by atoms with Crippen molar-refractivity contribution in [3.05, 3.63) is 12.3 Å². The highest BCUT2D eigenvalue weighted by Gasteiger charge is 1.98. The quantitative estimate of drug-likeness (QED) is 0.585. The second-order valence-electron chi connectivity index (χ2n) is 1.31. The van der Waals surface area contributed by atoms with Crippen molar-refractivity contribution in [2.75, 3.05) is 5.32 Å². The summed E-state index contributed by atoms with van der Waals surface area (Å²) in [5.41, 5.74) is 0. The topological polar surface area (TPSA) is 75.4 Å². The smallest absolute Gasteiger partial charge is 0.411 e. The minimum absolute atomic E-state index is 0.127.